The summed E-state index contributed by atoms with van der Waals surface area (Å²) in [6.07, 6.45) is 5.81. The molecule has 1 amide bonds. The Kier molecular flexibility index (Phi) is 5.20. The van der Waals surface area contributed by atoms with Gasteiger partial charge >= 0.3 is 0 Å². The maximum Gasteiger partial charge on any atom is 0.223 e. The molecule has 1 aromatic rings. The van der Waals surface area contributed by atoms with E-state index in [-0.39, 0.29) is 11.8 Å². The van der Waals surface area contributed by atoms with E-state index < -0.39 is 6.10 Å². The van der Waals surface area contributed by atoms with Crippen LogP contribution >= 0.6 is 11.3 Å². The lowest BCUT2D eigenvalue weighted by atomic mass is 9.88. The molecule has 0 aliphatic heterocycles. The van der Waals surface area contributed by atoms with Gasteiger partial charge in [0.1, 0.15) is 0 Å². The fraction of sp³-hybridized carbons (Fsp3) is 0.643. The smallest absolute Gasteiger partial charge is 0.223 e. The number of thiophene rings is 1. The molecule has 0 spiro atoms. The second-order valence-corrected chi connectivity index (χ2v) is 5.77. The predicted octanol–water partition coefficient (Wildman–Crippen LogP) is 2.87. The lowest BCUT2D eigenvalue weighted by molar-refractivity contribution is -0.126. The lowest BCUT2D eigenvalue weighted by Crippen LogP contribution is -2.33. The summed E-state index contributed by atoms with van der Waals surface area (Å²) in [5.41, 5.74) is 0.951. The largest absolute Gasteiger partial charge is 0.388 e. The minimum Gasteiger partial charge on any atom is -0.388 e. The highest BCUT2D eigenvalue weighted by Crippen LogP contribution is 2.24. The molecular formula is C14H21NO2S. The first-order valence-electron chi connectivity index (χ1n) is 6.75. The Morgan fingerprint density at radius 2 is 2.22 bits per heavy atom. The molecule has 1 fully saturated rings. The molecule has 0 radical (unpaired) electrons. The molecule has 1 unspecified atom stereocenters. The van der Waals surface area contributed by atoms with Gasteiger partial charge < -0.3 is 10.4 Å². The van der Waals surface area contributed by atoms with Crippen molar-refractivity contribution in [2.45, 2.75) is 44.6 Å². The Bertz CT molecular complexity index is 358. The van der Waals surface area contributed by atoms with Gasteiger partial charge in [0.2, 0.25) is 5.91 Å². The van der Waals surface area contributed by atoms with Crippen LogP contribution in [0.15, 0.2) is 16.8 Å². The van der Waals surface area contributed by atoms with Crippen molar-refractivity contribution in [2.75, 3.05) is 6.54 Å². The van der Waals surface area contributed by atoms with E-state index in [9.17, 15) is 9.90 Å². The summed E-state index contributed by atoms with van der Waals surface area (Å²) in [4.78, 5) is 11.9. The molecule has 1 atom stereocenters. The van der Waals surface area contributed by atoms with E-state index in [4.69, 9.17) is 0 Å². The third kappa shape index (κ3) is 3.82. The van der Waals surface area contributed by atoms with Crippen molar-refractivity contribution in [3.63, 3.8) is 0 Å². The van der Waals surface area contributed by atoms with Gasteiger partial charge in [-0.05, 0) is 41.7 Å². The molecule has 100 valence electrons. The van der Waals surface area contributed by atoms with E-state index in [1.165, 1.54) is 19.3 Å². The summed E-state index contributed by atoms with van der Waals surface area (Å²) in [5.74, 6) is 0.379. The van der Waals surface area contributed by atoms with E-state index in [0.29, 0.717) is 13.0 Å². The first-order valence-corrected chi connectivity index (χ1v) is 7.69. The minimum absolute atomic E-state index is 0.173. The molecule has 0 saturated heterocycles. The average Bonchev–Trinajstić information content (AvgIpc) is 2.93. The zero-order chi connectivity index (χ0) is 12.8. The molecule has 3 nitrogen and oxygen atoms in total. The molecule has 1 aromatic heterocycles. The van der Waals surface area contributed by atoms with Gasteiger partial charge in [0.15, 0.2) is 0 Å². The fourth-order valence-electron chi connectivity index (χ4n) is 2.47. The molecule has 2 N–H and O–H groups in total. The van der Waals surface area contributed by atoms with Gasteiger partial charge in [-0.1, -0.05) is 19.3 Å². The summed E-state index contributed by atoms with van der Waals surface area (Å²) in [6.45, 7) is 0.562. The number of amides is 1. The van der Waals surface area contributed by atoms with E-state index in [1.807, 2.05) is 16.8 Å². The normalized spacial score (nSPS) is 18.5. The maximum absolute atomic E-state index is 11.9. The summed E-state index contributed by atoms with van der Waals surface area (Å²) in [5, 5.41) is 16.7. The first kappa shape index (κ1) is 13.6. The number of hydrogen-bond donors (Lipinski definition) is 2. The topological polar surface area (TPSA) is 49.3 Å². The first-order chi connectivity index (χ1) is 8.77. The Morgan fingerprint density at radius 1 is 1.44 bits per heavy atom. The van der Waals surface area contributed by atoms with Crippen LogP contribution < -0.4 is 5.32 Å². The number of nitrogens with one attached hydrogen (secondary N) is 1. The third-order valence-electron chi connectivity index (χ3n) is 3.62. The fourth-order valence-corrected chi connectivity index (χ4v) is 3.18. The Labute approximate surface area is 112 Å². The van der Waals surface area contributed by atoms with Crippen molar-refractivity contribution >= 4 is 17.2 Å². The van der Waals surface area contributed by atoms with Crippen LogP contribution in [-0.2, 0) is 4.79 Å². The summed E-state index contributed by atoms with van der Waals surface area (Å²) >= 11 is 1.58. The highest BCUT2D eigenvalue weighted by atomic mass is 32.1. The number of hydrogen-bond acceptors (Lipinski definition) is 3. The van der Waals surface area contributed by atoms with Crippen LogP contribution in [0.4, 0.5) is 0 Å². The van der Waals surface area contributed by atoms with Gasteiger partial charge in [-0.25, -0.2) is 0 Å². The quantitative estimate of drug-likeness (QED) is 0.862. The number of aliphatic hydroxyl groups is 1. The van der Waals surface area contributed by atoms with Crippen LogP contribution in [-0.4, -0.2) is 17.6 Å². The minimum atomic E-state index is -0.456. The van der Waals surface area contributed by atoms with Crippen molar-refractivity contribution in [1.82, 2.24) is 5.32 Å². The van der Waals surface area contributed by atoms with Crippen LogP contribution in [0.25, 0.3) is 0 Å². The van der Waals surface area contributed by atoms with E-state index in [0.717, 1.165) is 18.4 Å². The number of aliphatic hydroxyl groups excluding tert-OH is 1. The monoisotopic (exact) mass is 267 g/mol. The molecular weight excluding hydrogens is 246 g/mol. The van der Waals surface area contributed by atoms with Gasteiger partial charge in [-0.15, -0.1) is 0 Å². The third-order valence-corrected chi connectivity index (χ3v) is 4.32. The Morgan fingerprint density at radius 3 is 2.89 bits per heavy atom. The number of carbonyl (C=O) groups excluding carboxylic acids is 1. The van der Waals surface area contributed by atoms with E-state index in [1.54, 1.807) is 11.3 Å². The standard InChI is InChI=1S/C14H21NO2S/c16-13(12-7-9-18-10-12)6-8-15-14(17)11-4-2-1-3-5-11/h7,9-11,13,16H,1-6,8H2,(H,15,17). The predicted molar refractivity (Wildman–Crippen MR) is 73.5 cm³/mol. The highest BCUT2D eigenvalue weighted by molar-refractivity contribution is 7.07. The van der Waals surface area contributed by atoms with E-state index in [2.05, 4.69) is 5.32 Å². The average molecular weight is 267 g/mol. The van der Waals surface area contributed by atoms with Crippen molar-refractivity contribution in [1.29, 1.82) is 0 Å². The van der Waals surface area contributed by atoms with Gasteiger partial charge in [0.05, 0.1) is 6.10 Å². The van der Waals surface area contributed by atoms with Gasteiger partial charge in [-0.2, -0.15) is 11.3 Å². The Hall–Kier alpha value is -0.870. The second-order valence-electron chi connectivity index (χ2n) is 4.99. The number of rotatable bonds is 5. The summed E-state index contributed by atoms with van der Waals surface area (Å²) in [7, 11) is 0. The lowest BCUT2D eigenvalue weighted by Gasteiger charge is -2.21. The van der Waals surface area contributed by atoms with Crippen LogP contribution in [0.5, 0.6) is 0 Å². The van der Waals surface area contributed by atoms with Gasteiger partial charge in [0.25, 0.3) is 0 Å². The molecule has 1 heterocycles. The molecule has 1 saturated carbocycles. The zero-order valence-electron chi connectivity index (χ0n) is 10.6. The zero-order valence-corrected chi connectivity index (χ0v) is 11.4. The van der Waals surface area contributed by atoms with E-state index >= 15 is 0 Å². The molecule has 18 heavy (non-hydrogen) atoms. The molecule has 4 heteroatoms. The summed E-state index contributed by atoms with van der Waals surface area (Å²) < 4.78 is 0. The second kappa shape index (κ2) is 6.90. The molecule has 0 aromatic carbocycles. The molecule has 1 aliphatic rings. The van der Waals surface area contributed by atoms with Crippen LogP contribution in [0.2, 0.25) is 0 Å². The molecule has 1 aliphatic carbocycles. The van der Waals surface area contributed by atoms with Crippen LogP contribution in [0.1, 0.15) is 50.2 Å². The SMILES string of the molecule is O=C(NCCC(O)c1ccsc1)C1CCCCC1. The van der Waals surface area contributed by atoms with Crippen molar-refractivity contribution in [2.24, 2.45) is 5.92 Å². The van der Waals surface area contributed by atoms with Gasteiger partial charge in [0, 0.05) is 12.5 Å². The highest BCUT2D eigenvalue weighted by Gasteiger charge is 2.20. The Balaban J connectivity index is 1.67. The van der Waals surface area contributed by atoms with Gasteiger partial charge in [-0.3, -0.25) is 4.79 Å². The van der Waals surface area contributed by atoms with Crippen molar-refractivity contribution in [3.8, 4) is 0 Å². The van der Waals surface area contributed by atoms with Crippen molar-refractivity contribution < 1.29 is 9.90 Å². The molecule has 0 bridgehead atoms. The van der Waals surface area contributed by atoms with Crippen molar-refractivity contribution in [3.05, 3.63) is 22.4 Å². The van der Waals surface area contributed by atoms with Crippen LogP contribution in [0, 0.1) is 5.92 Å². The molecule has 2 rings (SSSR count). The van der Waals surface area contributed by atoms with Crippen LogP contribution in [0.3, 0.4) is 0 Å². The maximum atomic E-state index is 11.9. The number of carbonyl (C=O) groups is 1. The summed E-state index contributed by atoms with van der Waals surface area (Å²) in [6, 6.07) is 1.93.